The van der Waals surface area contributed by atoms with E-state index in [1.807, 2.05) is 6.92 Å². The summed E-state index contributed by atoms with van der Waals surface area (Å²) in [5.41, 5.74) is 1.39. The lowest BCUT2D eigenvalue weighted by atomic mass is 10.3. The van der Waals surface area contributed by atoms with E-state index in [1.54, 1.807) is 18.4 Å². The number of aryl methyl sites for hydroxylation is 1. The highest BCUT2D eigenvalue weighted by atomic mass is 32.2. The average molecular weight is 220 g/mol. The molecule has 0 aliphatic carbocycles. The summed E-state index contributed by atoms with van der Waals surface area (Å²) >= 11 is 1.32. The molecule has 15 heavy (non-hydrogen) atoms. The van der Waals surface area contributed by atoms with Crippen molar-refractivity contribution in [1.82, 2.24) is 9.97 Å². The number of oxazole rings is 1. The van der Waals surface area contributed by atoms with Crippen molar-refractivity contribution in [3.8, 4) is 0 Å². The zero-order valence-corrected chi connectivity index (χ0v) is 8.82. The maximum atomic E-state index is 10.4. The van der Waals surface area contributed by atoms with E-state index in [4.69, 9.17) is 4.42 Å². The first-order valence-corrected chi connectivity index (χ1v) is 5.11. The number of carbonyl (C=O) groups excluding carboxylic acids is 1. The Bertz CT molecular complexity index is 465. The maximum absolute atomic E-state index is 10.4. The number of aldehydes is 1. The van der Waals surface area contributed by atoms with Gasteiger partial charge in [-0.05, 0) is 30.8 Å². The highest BCUT2D eigenvalue weighted by Gasteiger charge is 2.04. The third-order valence-electron chi connectivity index (χ3n) is 1.69. The third kappa shape index (κ3) is 2.44. The van der Waals surface area contributed by atoms with Crippen molar-refractivity contribution in [2.75, 3.05) is 0 Å². The molecule has 4 nitrogen and oxygen atoms in total. The van der Waals surface area contributed by atoms with Crippen molar-refractivity contribution in [3.05, 3.63) is 35.9 Å². The van der Waals surface area contributed by atoms with Crippen molar-refractivity contribution in [3.63, 3.8) is 0 Å². The zero-order valence-electron chi connectivity index (χ0n) is 8.01. The van der Waals surface area contributed by atoms with Crippen molar-refractivity contribution >= 4 is 18.0 Å². The summed E-state index contributed by atoms with van der Waals surface area (Å²) in [5, 5.41) is 1.31. The molecule has 0 N–H and O–H groups in total. The summed E-state index contributed by atoms with van der Waals surface area (Å²) in [4.78, 5) is 18.6. The molecule has 0 radical (unpaired) electrons. The summed E-state index contributed by atoms with van der Waals surface area (Å²) in [6, 6.07) is 3.46. The van der Waals surface area contributed by atoms with Crippen molar-refractivity contribution in [2.24, 2.45) is 0 Å². The number of hydrogen-bond acceptors (Lipinski definition) is 5. The van der Waals surface area contributed by atoms with Gasteiger partial charge < -0.3 is 4.42 Å². The van der Waals surface area contributed by atoms with Crippen LogP contribution in [0.5, 0.6) is 0 Å². The topological polar surface area (TPSA) is 56.0 Å². The molecule has 0 aliphatic heterocycles. The molecule has 0 amide bonds. The summed E-state index contributed by atoms with van der Waals surface area (Å²) in [7, 11) is 0. The summed E-state index contributed by atoms with van der Waals surface area (Å²) in [6.45, 7) is 1.86. The lowest BCUT2D eigenvalue weighted by molar-refractivity contribution is 0.112. The molecule has 0 fully saturated rings. The minimum atomic E-state index is 0.554. The molecule has 0 aliphatic rings. The van der Waals surface area contributed by atoms with Gasteiger partial charge in [0.05, 0.1) is 5.69 Å². The van der Waals surface area contributed by atoms with Gasteiger partial charge >= 0.3 is 0 Å². The van der Waals surface area contributed by atoms with Crippen LogP contribution in [0.15, 0.2) is 39.3 Å². The Morgan fingerprint density at radius 3 is 2.87 bits per heavy atom. The fourth-order valence-electron chi connectivity index (χ4n) is 0.991. The van der Waals surface area contributed by atoms with Crippen LogP contribution in [0.1, 0.15) is 16.1 Å². The Hall–Kier alpha value is -1.62. The van der Waals surface area contributed by atoms with E-state index in [0.29, 0.717) is 10.8 Å². The third-order valence-corrected chi connectivity index (χ3v) is 2.50. The van der Waals surface area contributed by atoms with E-state index in [0.717, 1.165) is 17.0 Å². The Morgan fingerprint density at radius 2 is 2.33 bits per heavy atom. The van der Waals surface area contributed by atoms with Crippen LogP contribution < -0.4 is 0 Å². The second kappa shape index (κ2) is 4.27. The van der Waals surface area contributed by atoms with Gasteiger partial charge in [0.25, 0.3) is 5.22 Å². The van der Waals surface area contributed by atoms with Gasteiger partial charge in [-0.15, -0.1) is 0 Å². The average Bonchev–Trinajstić information content (AvgIpc) is 2.65. The van der Waals surface area contributed by atoms with E-state index in [-0.39, 0.29) is 0 Å². The van der Waals surface area contributed by atoms with Crippen molar-refractivity contribution in [2.45, 2.75) is 17.2 Å². The largest absolute Gasteiger partial charge is 0.439 e. The number of aromatic nitrogens is 2. The molecule has 0 saturated heterocycles. The minimum Gasteiger partial charge on any atom is -0.439 e. The molecule has 0 aromatic carbocycles. The van der Waals surface area contributed by atoms with Gasteiger partial charge in [0.1, 0.15) is 11.3 Å². The molecule has 5 heteroatoms. The Kier molecular flexibility index (Phi) is 2.82. The predicted octanol–water partition coefficient (Wildman–Crippen LogP) is 2.34. The summed E-state index contributed by atoms with van der Waals surface area (Å²) in [5.74, 6) is 0. The van der Waals surface area contributed by atoms with Crippen LogP contribution in [0.4, 0.5) is 0 Å². The van der Waals surface area contributed by atoms with E-state index >= 15 is 0 Å². The molecule has 2 aromatic rings. The molecule has 76 valence electrons. The van der Waals surface area contributed by atoms with Gasteiger partial charge in [-0.3, -0.25) is 4.79 Å². The standard InChI is InChI=1S/C10H8N2O2S/c1-7-6-14-10(12-7)15-9-3-2-8(5-13)4-11-9/h2-6H,1H3. The molecule has 2 heterocycles. The SMILES string of the molecule is Cc1coc(Sc2ccc(C=O)cn2)n1. The maximum Gasteiger partial charge on any atom is 0.262 e. The van der Waals surface area contributed by atoms with Crippen LogP contribution in [-0.4, -0.2) is 16.3 Å². The number of nitrogens with zero attached hydrogens (tertiary/aromatic N) is 2. The minimum absolute atomic E-state index is 0.554. The van der Waals surface area contributed by atoms with Gasteiger partial charge in [-0.25, -0.2) is 9.97 Å². The Labute approximate surface area is 90.7 Å². The normalized spacial score (nSPS) is 10.2. The lowest BCUT2D eigenvalue weighted by Crippen LogP contribution is -1.84. The molecule has 0 spiro atoms. The molecular formula is C10H8N2O2S. The Balaban J connectivity index is 2.14. The number of rotatable bonds is 3. The molecule has 2 rings (SSSR count). The van der Waals surface area contributed by atoms with Crippen LogP contribution in [0.25, 0.3) is 0 Å². The summed E-state index contributed by atoms with van der Waals surface area (Å²) in [6.07, 6.45) is 3.87. The smallest absolute Gasteiger partial charge is 0.262 e. The van der Waals surface area contributed by atoms with Crippen molar-refractivity contribution < 1.29 is 9.21 Å². The highest BCUT2D eigenvalue weighted by molar-refractivity contribution is 7.99. The van der Waals surface area contributed by atoms with Gasteiger partial charge in [0.15, 0.2) is 6.29 Å². The van der Waals surface area contributed by atoms with E-state index in [1.165, 1.54) is 18.0 Å². The predicted molar refractivity (Wildman–Crippen MR) is 55.0 cm³/mol. The highest BCUT2D eigenvalue weighted by Crippen LogP contribution is 2.24. The van der Waals surface area contributed by atoms with Crippen LogP contribution in [0, 0.1) is 6.92 Å². The molecule has 0 saturated carbocycles. The van der Waals surface area contributed by atoms with E-state index < -0.39 is 0 Å². The van der Waals surface area contributed by atoms with Gasteiger partial charge in [-0.2, -0.15) is 0 Å². The fraction of sp³-hybridized carbons (Fsp3) is 0.100. The first kappa shape index (κ1) is 9.92. The van der Waals surface area contributed by atoms with Crippen LogP contribution in [-0.2, 0) is 0 Å². The van der Waals surface area contributed by atoms with Gasteiger partial charge in [-0.1, -0.05) is 0 Å². The molecule has 0 unspecified atom stereocenters. The van der Waals surface area contributed by atoms with Crippen molar-refractivity contribution in [1.29, 1.82) is 0 Å². The lowest BCUT2D eigenvalue weighted by Gasteiger charge is -1.95. The van der Waals surface area contributed by atoms with Crippen LogP contribution in [0.2, 0.25) is 0 Å². The number of pyridine rings is 1. The molecule has 0 bridgehead atoms. The number of hydrogen-bond donors (Lipinski definition) is 0. The Morgan fingerprint density at radius 1 is 1.47 bits per heavy atom. The zero-order chi connectivity index (χ0) is 10.7. The van der Waals surface area contributed by atoms with Gasteiger partial charge in [0, 0.05) is 11.8 Å². The first-order valence-electron chi connectivity index (χ1n) is 4.29. The van der Waals surface area contributed by atoms with Crippen LogP contribution in [0.3, 0.4) is 0 Å². The quantitative estimate of drug-likeness (QED) is 0.743. The van der Waals surface area contributed by atoms with Crippen LogP contribution >= 0.6 is 11.8 Å². The van der Waals surface area contributed by atoms with Gasteiger partial charge in [0.2, 0.25) is 0 Å². The van der Waals surface area contributed by atoms with E-state index in [2.05, 4.69) is 9.97 Å². The molecule has 2 aromatic heterocycles. The fourth-order valence-corrected chi connectivity index (χ4v) is 1.70. The van der Waals surface area contributed by atoms with E-state index in [9.17, 15) is 4.79 Å². The summed E-state index contributed by atoms with van der Waals surface area (Å²) < 4.78 is 5.17. The first-order chi connectivity index (χ1) is 7.28. The number of carbonyl (C=O) groups is 1. The molecule has 0 atom stereocenters. The molecular weight excluding hydrogens is 212 g/mol. The second-order valence-electron chi connectivity index (χ2n) is 2.90. The monoisotopic (exact) mass is 220 g/mol. The second-order valence-corrected chi connectivity index (χ2v) is 3.88.